The van der Waals surface area contributed by atoms with Crippen molar-refractivity contribution in [2.45, 2.75) is 0 Å². The van der Waals surface area contributed by atoms with Crippen molar-refractivity contribution in [1.29, 1.82) is 0 Å². The summed E-state index contributed by atoms with van der Waals surface area (Å²) >= 11 is 17.6. The number of rotatable bonds is 5. The van der Waals surface area contributed by atoms with Crippen LogP contribution >= 0.6 is 55.7 Å². The summed E-state index contributed by atoms with van der Waals surface area (Å²) in [5, 5.41) is 2.71. The molecule has 0 aliphatic heterocycles. The van der Waals surface area contributed by atoms with Gasteiger partial charge in [-0.2, -0.15) is 0 Å². The summed E-state index contributed by atoms with van der Waals surface area (Å²) in [6, 6.07) is 9.98. The molecule has 0 aromatic heterocycles. The van der Waals surface area contributed by atoms with E-state index in [-0.39, 0.29) is 17.3 Å². The van der Waals surface area contributed by atoms with Crippen LogP contribution in [-0.4, -0.2) is 30.6 Å². The van der Waals surface area contributed by atoms with Crippen molar-refractivity contribution in [1.82, 2.24) is 16.2 Å². The molecule has 0 unspecified atom stereocenters. The summed E-state index contributed by atoms with van der Waals surface area (Å²) in [5.74, 6) is -0.275. The maximum Gasteiger partial charge on any atom is 0.276 e. The Morgan fingerprint density at radius 2 is 1.71 bits per heavy atom. The highest BCUT2D eigenvalue weighted by molar-refractivity contribution is 9.10. The molecule has 2 aromatic carbocycles. The van der Waals surface area contributed by atoms with Crippen molar-refractivity contribution < 1.29 is 19.1 Å². The third kappa shape index (κ3) is 6.62. The minimum absolute atomic E-state index is 0.0953. The van der Waals surface area contributed by atoms with Gasteiger partial charge in [-0.25, -0.2) is 0 Å². The van der Waals surface area contributed by atoms with Gasteiger partial charge >= 0.3 is 0 Å². The zero-order chi connectivity index (χ0) is 20.7. The van der Waals surface area contributed by atoms with E-state index >= 15 is 0 Å². The number of hydrazine groups is 1. The second-order valence-electron chi connectivity index (χ2n) is 5.16. The molecule has 0 saturated heterocycles. The summed E-state index contributed by atoms with van der Waals surface area (Å²) < 4.78 is 12.0. The molecular formula is C17H14Br2ClN3O4S. The maximum absolute atomic E-state index is 12.3. The summed E-state index contributed by atoms with van der Waals surface area (Å²) in [4.78, 5) is 24.2. The van der Waals surface area contributed by atoms with Crippen LogP contribution < -0.4 is 25.6 Å². The van der Waals surface area contributed by atoms with Crippen molar-refractivity contribution in [2.75, 3.05) is 13.7 Å². The predicted octanol–water partition coefficient (Wildman–Crippen LogP) is 3.59. The van der Waals surface area contributed by atoms with Crippen molar-refractivity contribution in [3.8, 4) is 11.5 Å². The second-order valence-corrected chi connectivity index (χ2v) is 7.81. The van der Waals surface area contributed by atoms with E-state index in [4.69, 9.17) is 33.3 Å². The molecule has 0 saturated carbocycles. The van der Waals surface area contributed by atoms with Crippen molar-refractivity contribution in [3.05, 3.63) is 55.9 Å². The first-order valence-electron chi connectivity index (χ1n) is 7.61. The number of hydrogen-bond donors (Lipinski definition) is 3. The second kappa shape index (κ2) is 10.6. The quantitative estimate of drug-likeness (QED) is 0.389. The number of amides is 2. The topological polar surface area (TPSA) is 88.7 Å². The smallest absolute Gasteiger partial charge is 0.276 e. The monoisotopic (exact) mass is 549 g/mol. The summed E-state index contributed by atoms with van der Waals surface area (Å²) in [5.41, 5.74) is 5.02. The molecule has 0 aliphatic rings. The highest BCUT2D eigenvalue weighted by Crippen LogP contribution is 2.27. The Bertz CT molecular complexity index is 914. The molecule has 0 radical (unpaired) electrons. The van der Waals surface area contributed by atoms with Crippen LogP contribution in [-0.2, 0) is 4.79 Å². The number of nitrogens with one attached hydrogen (secondary N) is 3. The lowest BCUT2D eigenvalue weighted by Gasteiger charge is -2.13. The molecule has 0 fully saturated rings. The molecule has 148 valence electrons. The Hall–Kier alpha value is -1.88. The molecule has 3 N–H and O–H groups in total. The molecule has 2 aromatic rings. The van der Waals surface area contributed by atoms with Crippen LogP contribution in [0.25, 0.3) is 0 Å². The fourth-order valence-corrected chi connectivity index (χ4v) is 3.19. The number of carbonyl (C=O) groups is 2. The average Bonchev–Trinajstić information content (AvgIpc) is 2.65. The van der Waals surface area contributed by atoms with E-state index in [0.29, 0.717) is 21.0 Å². The SMILES string of the molecule is COc1ccc(Br)cc1C(=O)NC(=S)NNC(=O)COc1ccc(Br)cc1Cl. The Balaban J connectivity index is 1.82. The molecule has 11 heteroatoms. The number of benzene rings is 2. The maximum atomic E-state index is 12.3. The molecule has 7 nitrogen and oxygen atoms in total. The third-order valence-corrected chi connectivity index (χ3v) is 4.69. The molecule has 0 heterocycles. The number of ether oxygens (including phenoxy) is 2. The first-order chi connectivity index (χ1) is 13.3. The number of halogens is 3. The molecule has 0 spiro atoms. The Morgan fingerprint density at radius 3 is 2.36 bits per heavy atom. The van der Waals surface area contributed by atoms with Gasteiger partial charge in [-0.05, 0) is 48.6 Å². The van der Waals surface area contributed by atoms with Crippen LogP contribution in [0.2, 0.25) is 5.02 Å². The molecule has 2 rings (SSSR count). The van der Waals surface area contributed by atoms with Gasteiger partial charge in [0.1, 0.15) is 11.5 Å². The van der Waals surface area contributed by atoms with Crippen molar-refractivity contribution >= 4 is 72.6 Å². The van der Waals surface area contributed by atoms with Crippen LogP contribution in [0, 0.1) is 0 Å². The number of thiocarbonyl (C=S) groups is 1. The summed E-state index contributed by atoms with van der Waals surface area (Å²) in [6.07, 6.45) is 0. The minimum atomic E-state index is -0.518. The zero-order valence-electron chi connectivity index (χ0n) is 14.3. The molecule has 0 atom stereocenters. The van der Waals surface area contributed by atoms with Crippen LogP contribution in [0.3, 0.4) is 0 Å². The van der Waals surface area contributed by atoms with Crippen LogP contribution in [0.4, 0.5) is 0 Å². The van der Waals surface area contributed by atoms with Gasteiger partial charge < -0.3 is 9.47 Å². The number of hydrogen-bond acceptors (Lipinski definition) is 5. The van der Waals surface area contributed by atoms with E-state index in [1.54, 1.807) is 36.4 Å². The van der Waals surface area contributed by atoms with Gasteiger partial charge in [0.25, 0.3) is 11.8 Å². The Morgan fingerprint density at radius 1 is 1.07 bits per heavy atom. The minimum Gasteiger partial charge on any atom is -0.496 e. The predicted molar refractivity (Wildman–Crippen MR) is 117 cm³/mol. The van der Waals surface area contributed by atoms with E-state index in [2.05, 4.69) is 48.0 Å². The molecular weight excluding hydrogens is 538 g/mol. The zero-order valence-corrected chi connectivity index (χ0v) is 19.1. The molecule has 0 bridgehead atoms. The van der Waals surface area contributed by atoms with Gasteiger partial charge in [0.15, 0.2) is 11.7 Å². The fraction of sp³-hybridized carbons (Fsp3) is 0.118. The van der Waals surface area contributed by atoms with Gasteiger partial charge in [-0.3, -0.25) is 25.8 Å². The van der Waals surface area contributed by atoms with E-state index in [9.17, 15) is 9.59 Å². The van der Waals surface area contributed by atoms with Crippen LogP contribution in [0.5, 0.6) is 11.5 Å². The third-order valence-electron chi connectivity index (χ3n) is 3.20. The van der Waals surface area contributed by atoms with Gasteiger partial charge in [0.2, 0.25) is 0 Å². The first-order valence-corrected chi connectivity index (χ1v) is 9.99. The Labute approximate surface area is 188 Å². The highest BCUT2D eigenvalue weighted by Gasteiger charge is 2.14. The largest absolute Gasteiger partial charge is 0.496 e. The highest BCUT2D eigenvalue weighted by atomic mass is 79.9. The lowest BCUT2D eigenvalue weighted by atomic mass is 10.2. The normalized spacial score (nSPS) is 10.0. The van der Waals surface area contributed by atoms with Gasteiger partial charge in [-0.1, -0.05) is 43.5 Å². The molecule has 2 amide bonds. The fourth-order valence-electron chi connectivity index (χ4n) is 1.96. The lowest BCUT2D eigenvalue weighted by molar-refractivity contribution is -0.123. The standard InChI is InChI=1S/C17H14Br2ClN3O4S/c1-26-13-4-2-9(18)6-11(13)16(25)21-17(28)23-22-15(24)8-27-14-5-3-10(19)7-12(14)20/h2-7H,8H2,1H3,(H,22,24)(H2,21,23,25,28). The van der Waals surface area contributed by atoms with Crippen LogP contribution in [0.15, 0.2) is 45.3 Å². The average molecular weight is 552 g/mol. The lowest BCUT2D eigenvalue weighted by Crippen LogP contribution is -2.49. The van der Waals surface area contributed by atoms with Crippen molar-refractivity contribution in [3.63, 3.8) is 0 Å². The van der Waals surface area contributed by atoms with E-state index in [0.717, 1.165) is 4.47 Å². The van der Waals surface area contributed by atoms with E-state index in [1.165, 1.54) is 7.11 Å². The molecule has 28 heavy (non-hydrogen) atoms. The van der Waals surface area contributed by atoms with E-state index < -0.39 is 11.8 Å². The Kier molecular flexibility index (Phi) is 8.49. The number of methoxy groups -OCH3 is 1. The van der Waals surface area contributed by atoms with Gasteiger partial charge in [-0.15, -0.1) is 0 Å². The summed E-state index contributed by atoms with van der Waals surface area (Å²) in [7, 11) is 1.45. The van der Waals surface area contributed by atoms with Gasteiger partial charge in [0, 0.05) is 8.95 Å². The first kappa shape index (κ1) is 22.4. The van der Waals surface area contributed by atoms with Crippen LogP contribution in [0.1, 0.15) is 10.4 Å². The number of carbonyl (C=O) groups excluding carboxylic acids is 2. The molecule has 0 aliphatic carbocycles. The van der Waals surface area contributed by atoms with E-state index in [1.807, 2.05) is 0 Å². The van der Waals surface area contributed by atoms with Gasteiger partial charge in [0.05, 0.1) is 17.7 Å². The summed E-state index contributed by atoms with van der Waals surface area (Å²) in [6.45, 7) is -0.301. The van der Waals surface area contributed by atoms with Crippen molar-refractivity contribution in [2.24, 2.45) is 0 Å².